The predicted octanol–water partition coefficient (Wildman–Crippen LogP) is 3.04. The summed E-state index contributed by atoms with van der Waals surface area (Å²) in [5.74, 6) is 2.03. The van der Waals surface area contributed by atoms with Crippen molar-refractivity contribution >= 4 is 5.91 Å². The zero-order valence-electron chi connectivity index (χ0n) is 14.7. The number of likely N-dealkylation sites (tertiary alicyclic amines) is 1. The summed E-state index contributed by atoms with van der Waals surface area (Å²) in [6.45, 7) is 8.14. The van der Waals surface area contributed by atoms with E-state index < -0.39 is 0 Å². The van der Waals surface area contributed by atoms with Crippen molar-refractivity contribution in [2.45, 2.75) is 39.0 Å². The lowest BCUT2D eigenvalue weighted by atomic mass is 9.93. The van der Waals surface area contributed by atoms with Crippen molar-refractivity contribution in [2.75, 3.05) is 33.3 Å². The van der Waals surface area contributed by atoms with Crippen LogP contribution in [-0.4, -0.2) is 44.1 Å². The third-order valence-electron chi connectivity index (χ3n) is 4.80. The molecule has 1 unspecified atom stereocenters. The number of amides is 1. The largest absolute Gasteiger partial charge is 0.496 e. The molecule has 4 heteroatoms. The van der Waals surface area contributed by atoms with E-state index in [9.17, 15) is 4.79 Å². The molecule has 1 N–H and O–H groups in total. The number of ether oxygens (including phenoxy) is 1. The van der Waals surface area contributed by atoms with Crippen molar-refractivity contribution in [3.05, 3.63) is 29.8 Å². The van der Waals surface area contributed by atoms with Gasteiger partial charge in [-0.3, -0.25) is 4.79 Å². The maximum atomic E-state index is 12.6. The summed E-state index contributed by atoms with van der Waals surface area (Å²) >= 11 is 0. The van der Waals surface area contributed by atoms with Gasteiger partial charge in [-0.05, 0) is 49.4 Å². The summed E-state index contributed by atoms with van der Waals surface area (Å²) in [6.07, 6.45) is 2.78. The number of hydrogen-bond acceptors (Lipinski definition) is 3. The highest BCUT2D eigenvalue weighted by atomic mass is 16.5. The molecule has 2 rings (SSSR count). The third kappa shape index (κ3) is 4.96. The zero-order valence-corrected chi connectivity index (χ0v) is 14.7. The van der Waals surface area contributed by atoms with E-state index >= 15 is 0 Å². The minimum atomic E-state index is 0.179. The number of nitrogens with one attached hydrogen (secondary N) is 1. The van der Waals surface area contributed by atoms with Crippen LogP contribution in [-0.2, 0) is 4.79 Å². The van der Waals surface area contributed by atoms with Gasteiger partial charge in [0.2, 0.25) is 5.91 Å². The Kier molecular flexibility index (Phi) is 6.90. The highest BCUT2D eigenvalue weighted by Crippen LogP contribution is 2.29. The van der Waals surface area contributed by atoms with Crippen LogP contribution in [0, 0.1) is 5.92 Å². The van der Waals surface area contributed by atoms with Crippen molar-refractivity contribution in [1.29, 1.82) is 0 Å². The minimum Gasteiger partial charge on any atom is -0.496 e. The average molecular weight is 318 g/mol. The van der Waals surface area contributed by atoms with Gasteiger partial charge in [-0.2, -0.15) is 0 Å². The molecule has 0 saturated carbocycles. The summed E-state index contributed by atoms with van der Waals surface area (Å²) in [6, 6.07) is 7.99. The van der Waals surface area contributed by atoms with Gasteiger partial charge in [0.25, 0.3) is 0 Å². The summed E-state index contributed by atoms with van der Waals surface area (Å²) in [7, 11) is 1.68. The Morgan fingerprint density at radius 2 is 2.04 bits per heavy atom. The SMILES string of the molecule is CCNCC1CCN(C(=O)CC(C)c2ccccc2OC)CC1. The molecular weight excluding hydrogens is 288 g/mol. The second kappa shape index (κ2) is 8.92. The van der Waals surface area contributed by atoms with Gasteiger partial charge in [0.1, 0.15) is 5.75 Å². The molecule has 0 bridgehead atoms. The van der Waals surface area contributed by atoms with Gasteiger partial charge in [-0.25, -0.2) is 0 Å². The fourth-order valence-electron chi connectivity index (χ4n) is 3.31. The Bertz CT molecular complexity index is 496. The molecule has 1 aliphatic heterocycles. The highest BCUT2D eigenvalue weighted by molar-refractivity contribution is 5.77. The van der Waals surface area contributed by atoms with Crippen LogP contribution in [0.4, 0.5) is 0 Å². The van der Waals surface area contributed by atoms with E-state index in [0.717, 1.165) is 50.3 Å². The van der Waals surface area contributed by atoms with Crippen LogP contribution in [0.25, 0.3) is 0 Å². The second-order valence-corrected chi connectivity index (χ2v) is 6.48. The molecule has 1 aliphatic rings. The van der Waals surface area contributed by atoms with E-state index in [1.807, 2.05) is 23.1 Å². The van der Waals surface area contributed by atoms with E-state index in [1.165, 1.54) is 0 Å². The Morgan fingerprint density at radius 1 is 1.35 bits per heavy atom. The quantitative estimate of drug-likeness (QED) is 0.840. The topological polar surface area (TPSA) is 41.6 Å². The number of benzene rings is 1. The van der Waals surface area contributed by atoms with Gasteiger partial charge < -0.3 is 15.0 Å². The molecule has 1 aromatic carbocycles. The first-order valence-electron chi connectivity index (χ1n) is 8.77. The van der Waals surface area contributed by atoms with Crippen molar-refractivity contribution < 1.29 is 9.53 Å². The zero-order chi connectivity index (χ0) is 16.7. The van der Waals surface area contributed by atoms with Crippen LogP contribution >= 0.6 is 0 Å². The maximum absolute atomic E-state index is 12.6. The molecule has 4 nitrogen and oxygen atoms in total. The number of piperidine rings is 1. The van der Waals surface area contributed by atoms with E-state index in [4.69, 9.17) is 4.74 Å². The molecule has 0 aromatic heterocycles. The standard InChI is InChI=1S/C19H30N2O2/c1-4-20-14-16-9-11-21(12-10-16)19(22)13-15(2)17-7-5-6-8-18(17)23-3/h5-8,15-16,20H,4,9-14H2,1-3H3. The minimum absolute atomic E-state index is 0.179. The lowest BCUT2D eigenvalue weighted by Gasteiger charge is -2.33. The van der Waals surface area contributed by atoms with Gasteiger partial charge in [0, 0.05) is 19.5 Å². The van der Waals surface area contributed by atoms with Crippen molar-refractivity contribution in [3.63, 3.8) is 0 Å². The van der Waals surface area contributed by atoms with Gasteiger partial charge in [0.05, 0.1) is 7.11 Å². The fourth-order valence-corrected chi connectivity index (χ4v) is 3.31. The number of nitrogens with zero attached hydrogens (tertiary/aromatic N) is 1. The van der Waals surface area contributed by atoms with E-state index in [0.29, 0.717) is 12.3 Å². The van der Waals surface area contributed by atoms with E-state index in [-0.39, 0.29) is 11.8 Å². The molecule has 1 aromatic rings. The summed E-state index contributed by atoms with van der Waals surface area (Å²) in [5.41, 5.74) is 1.12. The molecule has 1 fully saturated rings. The lowest BCUT2D eigenvalue weighted by Crippen LogP contribution is -2.41. The number of hydrogen-bond donors (Lipinski definition) is 1. The molecule has 0 radical (unpaired) electrons. The van der Waals surface area contributed by atoms with Crippen LogP contribution in [0.5, 0.6) is 5.75 Å². The summed E-state index contributed by atoms with van der Waals surface area (Å²) < 4.78 is 5.41. The number of carbonyl (C=O) groups excluding carboxylic acids is 1. The van der Waals surface area contributed by atoms with Gasteiger partial charge in [0.15, 0.2) is 0 Å². The Balaban J connectivity index is 1.85. The monoisotopic (exact) mass is 318 g/mol. The highest BCUT2D eigenvalue weighted by Gasteiger charge is 2.24. The van der Waals surface area contributed by atoms with Crippen molar-refractivity contribution in [1.82, 2.24) is 10.2 Å². The molecule has 0 aliphatic carbocycles. The first-order chi connectivity index (χ1) is 11.2. The van der Waals surface area contributed by atoms with Crippen LogP contribution in [0.15, 0.2) is 24.3 Å². The third-order valence-corrected chi connectivity index (χ3v) is 4.80. The molecule has 1 saturated heterocycles. The molecule has 23 heavy (non-hydrogen) atoms. The van der Waals surface area contributed by atoms with Crippen LogP contribution in [0.1, 0.15) is 44.6 Å². The summed E-state index contributed by atoms with van der Waals surface area (Å²) in [5, 5.41) is 3.41. The van der Waals surface area contributed by atoms with Gasteiger partial charge in [-0.15, -0.1) is 0 Å². The number of rotatable bonds is 7. The lowest BCUT2D eigenvalue weighted by molar-refractivity contribution is -0.132. The van der Waals surface area contributed by atoms with Crippen LogP contribution in [0.3, 0.4) is 0 Å². The van der Waals surface area contributed by atoms with Gasteiger partial charge >= 0.3 is 0 Å². The smallest absolute Gasteiger partial charge is 0.223 e. The second-order valence-electron chi connectivity index (χ2n) is 6.48. The maximum Gasteiger partial charge on any atom is 0.223 e. The molecule has 128 valence electrons. The van der Waals surface area contributed by atoms with Crippen molar-refractivity contribution in [2.24, 2.45) is 5.92 Å². The number of carbonyl (C=O) groups is 1. The molecular formula is C19H30N2O2. The molecule has 1 heterocycles. The fraction of sp³-hybridized carbons (Fsp3) is 0.632. The van der Waals surface area contributed by atoms with Crippen molar-refractivity contribution in [3.8, 4) is 5.75 Å². The van der Waals surface area contributed by atoms with Crippen LogP contribution < -0.4 is 10.1 Å². The van der Waals surface area contributed by atoms with E-state index in [2.05, 4.69) is 25.2 Å². The van der Waals surface area contributed by atoms with Crippen LogP contribution in [0.2, 0.25) is 0 Å². The number of methoxy groups -OCH3 is 1. The predicted molar refractivity (Wildman–Crippen MR) is 93.9 cm³/mol. The van der Waals surface area contributed by atoms with Gasteiger partial charge in [-0.1, -0.05) is 32.0 Å². The first-order valence-corrected chi connectivity index (χ1v) is 8.77. The molecule has 1 atom stereocenters. The van der Waals surface area contributed by atoms with E-state index in [1.54, 1.807) is 7.11 Å². The normalized spacial score (nSPS) is 17.1. The Labute approximate surface area is 140 Å². The Hall–Kier alpha value is -1.55. The summed E-state index contributed by atoms with van der Waals surface area (Å²) in [4.78, 5) is 14.6. The number of para-hydroxylation sites is 1. The Morgan fingerprint density at radius 3 is 2.70 bits per heavy atom. The molecule has 1 amide bonds. The molecule has 0 spiro atoms. The first kappa shape index (κ1) is 17.8. The average Bonchev–Trinajstić information content (AvgIpc) is 2.60.